The van der Waals surface area contributed by atoms with Crippen molar-refractivity contribution in [2.45, 2.75) is 0 Å². The van der Waals surface area contributed by atoms with Gasteiger partial charge in [-0.05, 0) is 41.1 Å². The molecule has 0 aliphatic carbocycles. The molecule has 0 aliphatic heterocycles. The molecule has 22 heavy (non-hydrogen) atoms. The van der Waals surface area contributed by atoms with Gasteiger partial charge in [-0.1, -0.05) is 36.4 Å². The van der Waals surface area contributed by atoms with E-state index in [0.717, 1.165) is 16.7 Å². The van der Waals surface area contributed by atoms with Crippen molar-refractivity contribution in [1.82, 2.24) is 4.90 Å². The van der Waals surface area contributed by atoms with Crippen LogP contribution in [0.3, 0.4) is 0 Å². The van der Waals surface area contributed by atoms with E-state index in [-0.39, 0.29) is 10.6 Å². The molecule has 0 unspecified atom stereocenters. The molecular weight excluding hydrogens is 276 g/mol. The maximum atomic E-state index is 10.8. The Kier molecular flexibility index (Phi) is 5.09. The molecule has 0 spiro atoms. The summed E-state index contributed by atoms with van der Waals surface area (Å²) in [5.41, 5.74) is 3.13. The number of nitro groups is 1. The predicted molar refractivity (Wildman–Crippen MR) is 89.4 cm³/mol. The van der Waals surface area contributed by atoms with Crippen LogP contribution in [0.4, 0.5) is 5.69 Å². The zero-order chi connectivity index (χ0) is 15.9. The molecule has 0 heterocycles. The van der Waals surface area contributed by atoms with Gasteiger partial charge in [0.05, 0.1) is 4.92 Å². The molecular formula is C18H18N2O2. The van der Waals surface area contributed by atoms with Crippen LogP contribution in [0.2, 0.25) is 0 Å². The van der Waals surface area contributed by atoms with Crippen molar-refractivity contribution < 1.29 is 4.92 Å². The molecule has 2 rings (SSSR count). The largest absolute Gasteiger partial charge is 0.383 e. The first kappa shape index (κ1) is 15.5. The normalized spacial score (nSPS) is 11.6. The fourth-order valence-corrected chi connectivity index (χ4v) is 2.05. The minimum Gasteiger partial charge on any atom is -0.383 e. The number of non-ortho nitro benzene ring substituents is 1. The first-order valence-corrected chi connectivity index (χ1v) is 6.93. The number of nitrogens with zero attached hydrogens (tertiary/aromatic N) is 2. The third-order valence-electron chi connectivity index (χ3n) is 3.12. The first-order valence-electron chi connectivity index (χ1n) is 6.93. The lowest BCUT2D eigenvalue weighted by molar-refractivity contribution is -0.384. The third-order valence-corrected chi connectivity index (χ3v) is 3.12. The molecule has 2 aromatic rings. The van der Waals surface area contributed by atoms with Crippen molar-refractivity contribution in [2.24, 2.45) is 0 Å². The van der Waals surface area contributed by atoms with Crippen molar-refractivity contribution in [3.8, 4) is 0 Å². The molecule has 0 fully saturated rings. The van der Waals surface area contributed by atoms with Crippen LogP contribution in [0.15, 0.2) is 72.9 Å². The van der Waals surface area contributed by atoms with Crippen molar-refractivity contribution >= 4 is 11.3 Å². The van der Waals surface area contributed by atoms with E-state index in [4.69, 9.17) is 0 Å². The number of allylic oxidation sites excluding steroid dienone is 2. The highest BCUT2D eigenvalue weighted by Crippen LogP contribution is 2.25. The van der Waals surface area contributed by atoms with Gasteiger partial charge in [-0.15, -0.1) is 0 Å². The van der Waals surface area contributed by atoms with Gasteiger partial charge in [0.2, 0.25) is 0 Å². The van der Waals surface area contributed by atoms with Crippen LogP contribution in [-0.2, 0) is 0 Å². The van der Waals surface area contributed by atoms with Crippen molar-refractivity contribution in [3.05, 3.63) is 94.2 Å². The van der Waals surface area contributed by atoms with E-state index in [9.17, 15) is 10.1 Å². The minimum absolute atomic E-state index is 0.0972. The molecule has 0 N–H and O–H groups in total. The number of hydrogen-bond donors (Lipinski definition) is 0. The lowest BCUT2D eigenvalue weighted by atomic mass is 9.97. The van der Waals surface area contributed by atoms with Gasteiger partial charge in [-0.2, -0.15) is 0 Å². The highest BCUT2D eigenvalue weighted by atomic mass is 16.6. The van der Waals surface area contributed by atoms with Gasteiger partial charge in [0.15, 0.2) is 0 Å². The Bertz CT molecular complexity index is 687. The Morgan fingerprint density at radius 1 is 1.00 bits per heavy atom. The number of nitro benzene ring substituents is 1. The Balaban J connectivity index is 2.42. The summed E-state index contributed by atoms with van der Waals surface area (Å²) >= 11 is 0. The fourth-order valence-electron chi connectivity index (χ4n) is 2.05. The Morgan fingerprint density at radius 3 is 2.14 bits per heavy atom. The van der Waals surface area contributed by atoms with E-state index in [1.807, 2.05) is 67.7 Å². The zero-order valence-electron chi connectivity index (χ0n) is 12.6. The van der Waals surface area contributed by atoms with Gasteiger partial charge in [-0.25, -0.2) is 0 Å². The third kappa shape index (κ3) is 4.06. The van der Waals surface area contributed by atoms with Crippen LogP contribution in [0.5, 0.6) is 0 Å². The Hall–Kier alpha value is -2.88. The molecule has 0 saturated carbocycles. The van der Waals surface area contributed by atoms with Crippen LogP contribution in [0.1, 0.15) is 11.1 Å². The van der Waals surface area contributed by atoms with E-state index in [1.165, 1.54) is 12.1 Å². The van der Waals surface area contributed by atoms with E-state index >= 15 is 0 Å². The second-order valence-corrected chi connectivity index (χ2v) is 5.06. The van der Waals surface area contributed by atoms with Crippen molar-refractivity contribution in [3.63, 3.8) is 0 Å². The Labute approximate surface area is 130 Å². The molecule has 0 aliphatic rings. The molecule has 112 valence electrons. The van der Waals surface area contributed by atoms with Gasteiger partial charge in [0.1, 0.15) is 0 Å². The first-order chi connectivity index (χ1) is 10.6. The fraction of sp³-hybridized carbons (Fsp3) is 0.111. The van der Waals surface area contributed by atoms with Crippen LogP contribution in [0, 0.1) is 10.1 Å². The van der Waals surface area contributed by atoms with Crippen LogP contribution >= 0.6 is 0 Å². The molecule has 0 atom stereocenters. The number of benzene rings is 2. The summed E-state index contributed by atoms with van der Waals surface area (Å²) in [4.78, 5) is 12.3. The second-order valence-electron chi connectivity index (χ2n) is 5.06. The van der Waals surface area contributed by atoms with Crippen LogP contribution in [0.25, 0.3) is 5.57 Å². The van der Waals surface area contributed by atoms with Crippen molar-refractivity contribution in [2.75, 3.05) is 14.1 Å². The zero-order valence-corrected chi connectivity index (χ0v) is 12.6. The molecule has 0 amide bonds. The van der Waals surface area contributed by atoms with Gasteiger partial charge in [-0.3, -0.25) is 10.1 Å². The Morgan fingerprint density at radius 2 is 1.59 bits per heavy atom. The summed E-state index contributed by atoms with van der Waals surface area (Å²) in [5.74, 6) is 0. The van der Waals surface area contributed by atoms with Crippen LogP contribution in [-0.4, -0.2) is 23.9 Å². The summed E-state index contributed by atoms with van der Waals surface area (Å²) in [7, 11) is 3.91. The number of rotatable bonds is 5. The molecule has 2 aromatic carbocycles. The average Bonchev–Trinajstić information content (AvgIpc) is 2.52. The number of hydrogen-bond acceptors (Lipinski definition) is 3. The lowest BCUT2D eigenvalue weighted by Gasteiger charge is -2.08. The lowest BCUT2D eigenvalue weighted by Crippen LogP contribution is -1.99. The second kappa shape index (κ2) is 7.22. The smallest absolute Gasteiger partial charge is 0.269 e. The van der Waals surface area contributed by atoms with E-state index in [1.54, 1.807) is 12.1 Å². The van der Waals surface area contributed by atoms with Crippen molar-refractivity contribution in [1.29, 1.82) is 0 Å². The SMILES string of the molecule is CN(C)C=CC=C(c1ccccc1)c1ccc([N+](=O)[O-])cc1. The predicted octanol–water partition coefficient (Wildman–Crippen LogP) is 4.10. The highest BCUT2D eigenvalue weighted by Gasteiger charge is 2.08. The topological polar surface area (TPSA) is 46.4 Å². The van der Waals surface area contributed by atoms with Gasteiger partial charge in [0, 0.05) is 26.2 Å². The molecule has 4 nitrogen and oxygen atoms in total. The monoisotopic (exact) mass is 294 g/mol. The summed E-state index contributed by atoms with van der Waals surface area (Å²) in [5, 5.41) is 10.8. The molecule has 0 bridgehead atoms. The summed E-state index contributed by atoms with van der Waals surface area (Å²) < 4.78 is 0. The van der Waals surface area contributed by atoms with Gasteiger partial charge < -0.3 is 4.90 Å². The average molecular weight is 294 g/mol. The van der Waals surface area contributed by atoms with Crippen LogP contribution < -0.4 is 0 Å². The maximum Gasteiger partial charge on any atom is 0.269 e. The van der Waals surface area contributed by atoms with Gasteiger partial charge in [0.25, 0.3) is 5.69 Å². The van der Waals surface area contributed by atoms with Gasteiger partial charge >= 0.3 is 0 Å². The van der Waals surface area contributed by atoms with E-state index in [2.05, 4.69) is 0 Å². The molecule has 0 saturated heterocycles. The van der Waals surface area contributed by atoms with E-state index in [0.29, 0.717) is 0 Å². The maximum absolute atomic E-state index is 10.8. The summed E-state index contributed by atoms with van der Waals surface area (Å²) in [6, 6.07) is 16.6. The van der Waals surface area contributed by atoms with E-state index < -0.39 is 0 Å². The quantitative estimate of drug-likeness (QED) is 0.474. The molecule has 0 radical (unpaired) electrons. The summed E-state index contributed by atoms with van der Waals surface area (Å²) in [6.07, 6.45) is 5.93. The highest BCUT2D eigenvalue weighted by molar-refractivity contribution is 5.81. The molecule has 0 aromatic heterocycles. The standard InChI is InChI=1S/C18H18N2O2/c1-19(2)14-6-9-18(15-7-4-3-5-8-15)16-10-12-17(13-11-16)20(21)22/h3-14H,1-2H3. The minimum atomic E-state index is -0.387. The summed E-state index contributed by atoms with van der Waals surface area (Å²) in [6.45, 7) is 0. The molecule has 4 heteroatoms.